The smallest absolute Gasteiger partial charge is 0.251 e. The van der Waals surface area contributed by atoms with Crippen molar-refractivity contribution < 1.29 is 19.1 Å². The average Bonchev–Trinajstić information content (AvgIpc) is 2.75. The first-order valence-corrected chi connectivity index (χ1v) is 10.6. The van der Waals surface area contributed by atoms with E-state index in [2.05, 4.69) is 16.7 Å². The molecule has 6 nitrogen and oxygen atoms in total. The summed E-state index contributed by atoms with van der Waals surface area (Å²) in [7, 11) is 0. The van der Waals surface area contributed by atoms with Crippen molar-refractivity contribution in [3.63, 3.8) is 0 Å². The summed E-state index contributed by atoms with van der Waals surface area (Å²) in [6.07, 6.45) is 2.98. The van der Waals surface area contributed by atoms with Crippen molar-refractivity contribution in [3.05, 3.63) is 53.1 Å². The number of ether oxygens (including phenoxy) is 2. The van der Waals surface area contributed by atoms with E-state index >= 15 is 0 Å². The van der Waals surface area contributed by atoms with Crippen LogP contribution >= 0.6 is 0 Å². The standard InChI is InChI=1S/C24H30N2O4/c1-4-12-29-21-10-7-19(15-22(21)30-13-5-2)24(28)25-16(3)17-6-9-20-18(14-17)8-11-23(27)26-20/h6-7,9-10,14-16H,4-5,8,11-13H2,1-3H3,(H,25,28)(H,26,27). The van der Waals surface area contributed by atoms with Crippen molar-refractivity contribution in [2.45, 2.75) is 52.5 Å². The highest BCUT2D eigenvalue weighted by Gasteiger charge is 2.18. The average molecular weight is 411 g/mol. The number of benzene rings is 2. The predicted molar refractivity (Wildman–Crippen MR) is 117 cm³/mol. The normalized spacial score (nSPS) is 13.8. The zero-order valence-electron chi connectivity index (χ0n) is 17.9. The molecule has 2 N–H and O–H groups in total. The molecule has 160 valence electrons. The zero-order valence-corrected chi connectivity index (χ0v) is 17.9. The van der Waals surface area contributed by atoms with E-state index in [1.807, 2.05) is 32.9 Å². The summed E-state index contributed by atoms with van der Waals surface area (Å²) >= 11 is 0. The fourth-order valence-corrected chi connectivity index (χ4v) is 3.34. The molecule has 0 aromatic heterocycles. The zero-order chi connectivity index (χ0) is 21.5. The third-order valence-corrected chi connectivity index (χ3v) is 5.00. The molecular weight excluding hydrogens is 380 g/mol. The Morgan fingerprint density at radius 3 is 2.50 bits per heavy atom. The molecule has 0 bridgehead atoms. The summed E-state index contributed by atoms with van der Waals surface area (Å²) < 4.78 is 11.5. The van der Waals surface area contributed by atoms with E-state index in [1.165, 1.54) is 0 Å². The number of rotatable bonds is 9. The fourth-order valence-electron chi connectivity index (χ4n) is 3.34. The lowest BCUT2D eigenvalue weighted by molar-refractivity contribution is -0.116. The van der Waals surface area contributed by atoms with Crippen molar-refractivity contribution in [3.8, 4) is 11.5 Å². The van der Waals surface area contributed by atoms with Gasteiger partial charge in [-0.1, -0.05) is 26.0 Å². The van der Waals surface area contributed by atoms with Crippen molar-refractivity contribution in [1.29, 1.82) is 0 Å². The Hall–Kier alpha value is -3.02. The molecule has 0 saturated carbocycles. The van der Waals surface area contributed by atoms with Crippen molar-refractivity contribution >= 4 is 17.5 Å². The van der Waals surface area contributed by atoms with Gasteiger partial charge in [0.25, 0.3) is 5.91 Å². The van der Waals surface area contributed by atoms with Crippen LogP contribution in [0.4, 0.5) is 5.69 Å². The highest BCUT2D eigenvalue weighted by molar-refractivity contribution is 5.95. The van der Waals surface area contributed by atoms with Gasteiger partial charge in [-0.15, -0.1) is 0 Å². The van der Waals surface area contributed by atoms with E-state index in [1.54, 1.807) is 18.2 Å². The minimum absolute atomic E-state index is 0.0454. The molecule has 1 aliphatic rings. The maximum Gasteiger partial charge on any atom is 0.251 e. The Balaban J connectivity index is 1.72. The molecule has 1 atom stereocenters. The number of anilines is 1. The maximum absolute atomic E-state index is 12.8. The van der Waals surface area contributed by atoms with E-state index < -0.39 is 0 Å². The van der Waals surface area contributed by atoms with Gasteiger partial charge in [0, 0.05) is 17.7 Å². The SMILES string of the molecule is CCCOc1ccc(C(=O)NC(C)c2ccc3c(c2)CCC(=O)N3)cc1OCCC. The lowest BCUT2D eigenvalue weighted by Crippen LogP contribution is -2.27. The summed E-state index contributed by atoms with van der Waals surface area (Å²) in [5.41, 5.74) is 3.49. The molecule has 2 aromatic rings. The number of hydrogen-bond acceptors (Lipinski definition) is 4. The van der Waals surface area contributed by atoms with Crippen molar-refractivity contribution in [2.75, 3.05) is 18.5 Å². The first-order chi connectivity index (χ1) is 14.5. The van der Waals surface area contributed by atoms with Crippen LogP contribution in [0.15, 0.2) is 36.4 Å². The number of carbonyl (C=O) groups is 2. The Bertz CT molecular complexity index is 910. The van der Waals surface area contributed by atoms with Gasteiger partial charge in [-0.3, -0.25) is 9.59 Å². The van der Waals surface area contributed by atoms with Crippen molar-refractivity contribution in [2.24, 2.45) is 0 Å². The number of amides is 2. The Labute approximate surface area is 178 Å². The Kier molecular flexibility index (Phi) is 7.33. The van der Waals surface area contributed by atoms with Gasteiger partial charge in [0.1, 0.15) is 0 Å². The summed E-state index contributed by atoms with van der Waals surface area (Å²) in [6.45, 7) is 7.20. The topological polar surface area (TPSA) is 76.7 Å². The molecule has 0 spiro atoms. The molecule has 6 heteroatoms. The molecular formula is C24H30N2O4. The molecule has 1 unspecified atom stereocenters. The minimum atomic E-state index is -0.170. The second-order valence-corrected chi connectivity index (χ2v) is 7.52. The second-order valence-electron chi connectivity index (χ2n) is 7.52. The van der Waals surface area contributed by atoms with Crippen LogP contribution in [0.1, 0.15) is 67.6 Å². The number of carbonyl (C=O) groups excluding carboxylic acids is 2. The van der Waals surface area contributed by atoms with Crippen LogP contribution in [-0.4, -0.2) is 25.0 Å². The fraction of sp³-hybridized carbons (Fsp3) is 0.417. The highest BCUT2D eigenvalue weighted by atomic mass is 16.5. The molecule has 1 aliphatic heterocycles. The minimum Gasteiger partial charge on any atom is -0.490 e. The quantitative estimate of drug-likeness (QED) is 0.631. The van der Waals surface area contributed by atoms with Crippen molar-refractivity contribution in [1.82, 2.24) is 5.32 Å². The third kappa shape index (κ3) is 5.32. The Morgan fingerprint density at radius 2 is 1.77 bits per heavy atom. The van der Waals surface area contributed by atoms with Gasteiger partial charge in [0.05, 0.1) is 19.3 Å². The molecule has 3 rings (SSSR count). The van der Waals surface area contributed by atoms with Gasteiger partial charge in [-0.25, -0.2) is 0 Å². The van der Waals surface area contributed by atoms with E-state index in [9.17, 15) is 9.59 Å². The van der Waals surface area contributed by atoms with Gasteiger partial charge in [0.15, 0.2) is 11.5 Å². The number of nitrogens with one attached hydrogen (secondary N) is 2. The Morgan fingerprint density at radius 1 is 1.03 bits per heavy atom. The summed E-state index contributed by atoms with van der Waals surface area (Å²) in [6, 6.07) is 11.0. The van der Waals surface area contributed by atoms with E-state index in [4.69, 9.17) is 9.47 Å². The summed E-state index contributed by atoms with van der Waals surface area (Å²) in [4.78, 5) is 24.4. The van der Waals surface area contributed by atoms with Crippen LogP contribution in [0.5, 0.6) is 11.5 Å². The molecule has 0 radical (unpaired) electrons. The third-order valence-electron chi connectivity index (χ3n) is 5.00. The van der Waals surface area contributed by atoms with Crippen LogP contribution in [-0.2, 0) is 11.2 Å². The van der Waals surface area contributed by atoms with Gasteiger partial charge >= 0.3 is 0 Å². The number of hydrogen-bond donors (Lipinski definition) is 2. The molecule has 0 saturated heterocycles. The van der Waals surface area contributed by atoms with Crippen LogP contribution in [0.2, 0.25) is 0 Å². The van der Waals surface area contributed by atoms with E-state index in [0.29, 0.717) is 43.1 Å². The molecule has 30 heavy (non-hydrogen) atoms. The summed E-state index contributed by atoms with van der Waals surface area (Å²) in [5.74, 6) is 1.13. The monoisotopic (exact) mass is 410 g/mol. The molecule has 0 aliphatic carbocycles. The number of fused-ring (bicyclic) bond motifs is 1. The lowest BCUT2D eigenvalue weighted by Gasteiger charge is -2.20. The first-order valence-electron chi connectivity index (χ1n) is 10.6. The van der Waals surface area contributed by atoms with Gasteiger partial charge in [-0.2, -0.15) is 0 Å². The molecule has 1 heterocycles. The highest BCUT2D eigenvalue weighted by Crippen LogP contribution is 2.30. The van der Waals surface area contributed by atoms with Crippen LogP contribution in [0.3, 0.4) is 0 Å². The van der Waals surface area contributed by atoms with Crippen LogP contribution in [0.25, 0.3) is 0 Å². The van der Waals surface area contributed by atoms with Gasteiger partial charge < -0.3 is 20.1 Å². The summed E-state index contributed by atoms with van der Waals surface area (Å²) in [5, 5.41) is 5.93. The molecule has 2 aromatic carbocycles. The lowest BCUT2D eigenvalue weighted by atomic mass is 9.97. The van der Waals surface area contributed by atoms with E-state index in [0.717, 1.165) is 29.7 Å². The first kappa shape index (κ1) is 21.7. The number of aryl methyl sites for hydroxylation is 1. The van der Waals surface area contributed by atoms with Crippen LogP contribution < -0.4 is 20.1 Å². The maximum atomic E-state index is 12.8. The van der Waals surface area contributed by atoms with E-state index in [-0.39, 0.29) is 17.9 Å². The van der Waals surface area contributed by atoms with Gasteiger partial charge in [-0.05, 0) is 61.6 Å². The largest absolute Gasteiger partial charge is 0.490 e. The molecule has 0 fully saturated rings. The second kappa shape index (κ2) is 10.1. The van der Waals surface area contributed by atoms with Crippen LogP contribution in [0, 0.1) is 0 Å². The predicted octanol–water partition coefficient (Wildman–Crippen LogP) is 4.64. The molecule has 2 amide bonds. The van der Waals surface area contributed by atoms with Gasteiger partial charge in [0.2, 0.25) is 5.91 Å².